The van der Waals surface area contributed by atoms with Crippen LogP contribution < -0.4 is 9.80 Å². The van der Waals surface area contributed by atoms with Crippen LogP contribution in [0.2, 0.25) is 0 Å². The van der Waals surface area contributed by atoms with Crippen LogP contribution in [0, 0.1) is 0 Å². The van der Waals surface area contributed by atoms with E-state index in [4.69, 9.17) is 0 Å². The molecule has 0 aromatic heterocycles. The fourth-order valence-corrected chi connectivity index (χ4v) is 4.77. The van der Waals surface area contributed by atoms with Gasteiger partial charge >= 0.3 is 0 Å². The van der Waals surface area contributed by atoms with E-state index in [9.17, 15) is 0 Å². The fraction of sp³-hybridized carbons (Fsp3) is 0.351. The van der Waals surface area contributed by atoms with Crippen LogP contribution in [0.25, 0.3) is 11.1 Å². The quantitative estimate of drug-likeness (QED) is 0.125. The van der Waals surface area contributed by atoms with Gasteiger partial charge in [-0.05, 0) is 103 Å². The summed E-state index contributed by atoms with van der Waals surface area (Å²) in [6.07, 6.45) is 7.22. The molecule has 0 saturated carbocycles. The largest absolute Gasteiger partial charge is 0.375 e. The maximum Gasteiger partial charge on any atom is 0.0858 e. The summed E-state index contributed by atoms with van der Waals surface area (Å²) < 4.78 is 0. The lowest BCUT2D eigenvalue weighted by atomic mass is 10.1. The highest BCUT2D eigenvalue weighted by atomic mass is 15.1. The zero-order valence-corrected chi connectivity index (χ0v) is 26.3. The third-order valence-electron chi connectivity index (χ3n) is 7.55. The zero-order chi connectivity index (χ0) is 30.3. The molecule has 0 radical (unpaired) electrons. The van der Waals surface area contributed by atoms with Crippen molar-refractivity contribution in [1.29, 1.82) is 0 Å². The van der Waals surface area contributed by atoms with Crippen molar-refractivity contribution in [2.24, 2.45) is 20.5 Å². The summed E-state index contributed by atoms with van der Waals surface area (Å²) in [7, 11) is 2.13. The highest BCUT2D eigenvalue weighted by Crippen LogP contribution is 2.28. The standard InChI is InChI=1S/C37H46N6/c1-5-8-27-42(4)36-23-19-34(20-24-36)40-38-32-15-11-30(12-16-32)31-13-17-33(18-14-31)39-41-35-21-25-37(26-22-35)43(28-9-6-2)29-10-7-3/h11-26H,5-10,27-29H2,1-4H3. The van der Waals surface area contributed by atoms with E-state index in [1.54, 1.807) is 0 Å². The molecule has 0 N–H and O–H groups in total. The number of nitrogens with zero attached hydrogens (tertiary/aromatic N) is 6. The number of rotatable bonds is 16. The summed E-state index contributed by atoms with van der Waals surface area (Å²) in [4.78, 5) is 4.75. The molecule has 0 aliphatic rings. The summed E-state index contributed by atoms with van der Waals surface area (Å²) in [5.74, 6) is 0. The van der Waals surface area contributed by atoms with E-state index in [1.807, 2.05) is 36.4 Å². The van der Waals surface area contributed by atoms with Gasteiger partial charge in [0.15, 0.2) is 0 Å². The van der Waals surface area contributed by atoms with Gasteiger partial charge in [0.05, 0.1) is 22.7 Å². The highest BCUT2D eigenvalue weighted by molar-refractivity contribution is 5.67. The maximum atomic E-state index is 4.47. The maximum absolute atomic E-state index is 4.47. The Morgan fingerprint density at radius 2 is 0.744 bits per heavy atom. The molecule has 0 fully saturated rings. The van der Waals surface area contributed by atoms with Gasteiger partial charge in [-0.15, -0.1) is 0 Å². The Balaban J connectivity index is 1.32. The highest BCUT2D eigenvalue weighted by Gasteiger charge is 2.06. The van der Waals surface area contributed by atoms with Gasteiger partial charge in [-0.3, -0.25) is 0 Å². The monoisotopic (exact) mass is 574 g/mol. The van der Waals surface area contributed by atoms with Crippen molar-refractivity contribution in [3.8, 4) is 11.1 Å². The van der Waals surface area contributed by atoms with E-state index in [-0.39, 0.29) is 0 Å². The van der Waals surface area contributed by atoms with E-state index in [0.29, 0.717) is 0 Å². The fourth-order valence-electron chi connectivity index (χ4n) is 4.77. The first-order valence-corrected chi connectivity index (χ1v) is 15.8. The SMILES string of the molecule is CCCCN(C)c1ccc(N=Nc2ccc(-c3ccc(N=Nc4ccc(N(CCCC)CCCC)cc4)cc3)cc2)cc1. The summed E-state index contributed by atoms with van der Waals surface area (Å²) in [6, 6.07) is 33.0. The Bertz CT molecular complexity index is 1400. The number of anilines is 2. The van der Waals surface area contributed by atoms with Crippen molar-refractivity contribution in [1.82, 2.24) is 0 Å². The number of azo groups is 2. The molecular formula is C37H46N6. The van der Waals surface area contributed by atoms with Crippen LogP contribution in [0.15, 0.2) is 118 Å². The van der Waals surface area contributed by atoms with Gasteiger partial charge in [0.1, 0.15) is 0 Å². The Labute approximate surface area is 258 Å². The number of benzene rings is 4. The van der Waals surface area contributed by atoms with Crippen molar-refractivity contribution in [2.45, 2.75) is 59.3 Å². The Kier molecular flexibility index (Phi) is 12.5. The topological polar surface area (TPSA) is 55.9 Å². The molecule has 0 unspecified atom stereocenters. The minimum absolute atomic E-state index is 0.822. The normalized spacial score (nSPS) is 11.4. The van der Waals surface area contributed by atoms with Crippen LogP contribution in [-0.4, -0.2) is 26.7 Å². The molecule has 0 spiro atoms. The van der Waals surface area contributed by atoms with Crippen molar-refractivity contribution < 1.29 is 0 Å². The molecular weight excluding hydrogens is 528 g/mol. The van der Waals surface area contributed by atoms with Crippen molar-refractivity contribution in [2.75, 3.05) is 36.5 Å². The van der Waals surface area contributed by atoms with Gasteiger partial charge in [-0.1, -0.05) is 64.3 Å². The van der Waals surface area contributed by atoms with E-state index in [2.05, 4.69) is 119 Å². The number of unbranched alkanes of at least 4 members (excludes halogenated alkanes) is 3. The molecule has 0 saturated heterocycles. The van der Waals surface area contributed by atoms with Crippen molar-refractivity contribution in [3.63, 3.8) is 0 Å². The molecule has 0 amide bonds. The second-order valence-electron chi connectivity index (χ2n) is 11.0. The molecule has 0 aliphatic heterocycles. The summed E-state index contributed by atoms with van der Waals surface area (Å²) in [6.45, 7) is 9.96. The zero-order valence-electron chi connectivity index (χ0n) is 26.3. The van der Waals surface area contributed by atoms with Gasteiger partial charge in [0, 0.05) is 38.1 Å². The molecule has 6 heteroatoms. The first kappa shape index (κ1) is 31.6. The smallest absolute Gasteiger partial charge is 0.0858 e. The minimum atomic E-state index is 0.822. The lowest BCUT2D eigenvalue weighted by molar-refractivity contribution is 0.678. The second kappa shape index (κ2) is 17.0. The predicted molar refractivity (Wildman–Crippen MR) is 183 cm³/mol. The number of hydrogen-bond donors (Lipinski definition) is 0. The first-order valence-electron chi connectivity index (χ1n) is 15.8. The summed E-state index contributed by atoms with van der Waals surface area (Å²) in [5.41, 5.74) is 8.05. The van der Waals surface area contributed by atoms with Gasteiger partial charge in [-0.25, -0.2) is 0 Å². The van der Waals surface area contributed by atoms with Crippen molar-refractivity contribution in [3.05, 3.63) is 97.1 Å². The van der Waals surface area contributed by atoms with Crippen molar-refractivity contribution >= 4 is 34.1 Å². The Morgan fingerprint density at radius 1 is 0.419 bits per heavy atom. The van der Waals surface area contributed by atoms with Crippen LogP contribution in [0.5, 0.6) is 0 Å². The lowest BCUT2D eigenvalue weighted by Gasteiger charge is -2.24. The van der Waals surface area contributed by atoms with Crippen LogP contribution in [-0.2, 0) is 0 Å². The van der Waals surface area contributed by atoms with Gasteiger partial charge in [0.2, 0.25) is 0 Å². The third kappa shape index (κ3) is 9.88. The second-order valence-corrected chi connectivity index (χ2v) is 11.0. The van der Waals surface area contributed by atoms with Crippen LogP contribution in [0.4, 0.5) is 34.1 Å². The Morgan fingerprint density at radius 3 is 1.12 bits per heavy atom. The molecule has 43 heavy (non-hydrogen) atoms. The van der Waals surface area contributed by atoms with Gasteiger partial charge in [-0.2, -0.15) is 20.5 Å². The van der Waals surface area contributed by atoms with Crippen LogP contribution in [0.1, 0.15) is 59.3 Å². The molecule has 0 atom stereocenters. The molecule has 224 valence electrons. The molecule has 0 heterocycles. The molecule has 4 rings (SSSR count). The molecule has 0 bridgehead atoms. The molecule has 0 aliphatic carbocycles. The van der Waals surface area contributed by atoms with Gasteiger partial charge in [0.25, 0.3) is 0 Å². The van der Waals surface area contributed by atoms with E-state index in [1.165, 1.54) is 49.9 Å². The Hall–Kier alpha value is -4.32. The molecule has 4 aromatic rings. The van der Waals surface area contributed by atoms with Crippen LogP contribution >= 0.6 is 0 Å². The lowest BCUT2D eigenvalue weighted by Crippen LogP contribution is -2.25. The van der Waals surface area contributed by atoms with Gasteiger partial charge < -0.3 is 9.80 Å². The minimum Gasteiger partial charge on any atom is -0.375 e. The first-order chi connectivity index (χ1) is 21.1. The average Bonchev–Trinajstić information content (AvgIpc) is 3.06. The summed E-state index contributed by atoms with van der Waals surface area (Å²) >= 11 is 0. The molecule has 6 nitrogen and oxygen atoms in total. The van der Waals surface area contributed by atoms with E-state index < -0.39 is 0 Å². The average molecular weight is 575 g/mol. The predicted octanol–water partition coefficient (Wildman–Crippen LogP) is 11.8. The third-order valence-corrected chi connectivity index (χ3v) is 7.55. The number of hydrogen-bond acceptors (Lipinski definition) is 6. The molecule has 4 aromatic carbocycles. The van der Waals surface area contributed by atoms with Crippen LogP contribution in [0.3, 0.4) is 0 Å². The van der Waals surface area contributed by atoms with E-state index in [0.717, 1.165) is 53.5 Å². The van der Waals surface area contributed by atoms with E-state index >= 15 is 0 Å². The summed E-state index contributed by atoms with van der Waals surface area (Å²) in [5, 5.41) is 17.8.